The monoisotopic (exact) mass is 605 g/mol. The predicted molar refractivity (Wildman–Crippen MR) is 143 cm³/mol. The van der Waals surface area contributed by atoms with Crippen LogP contribution in [0.4, 0.5) is 17.6 Å². The van der Waals surface area contributed by atoms with E-state index < -0.39 is 58.9 Å². The lowest BCUT2D eigenvalue weighted by atomic mass is 10.1. The van der Waals surface area contributed by atoms with E-state index in [2.05, 4.69) is 10.4 Å². The summed E-state index contributed by atoms with van der Waals surface area (Å²) in [4.78, 5) is 25.8. The molecule has 1 fully saturated rings. The first-order valence-electron chi connectivity index (χ1n) is 12.5. The highest BCUT2D eigenvalue weighted by molar-refractivity contribution is 8.14. The van der Waals surface area contributed by atoms with Crippen molar-refractivity contribution in [2.75, 3.05) is 33.5 Å². The van der Waals surface area contributed by atoms with E-state index in [-0.39, 0.29) is 23.1 Å². The van der Waals surface area contributed by atoms with Crippen LogP contribution in [0.25, 0.3) is 0 Å². The predicted octanol–water partition coefficient (Wildman–Crippen LogP) is 4.37. The first-order chi connectivity index (χ1) is 20.2. The van der Waals surface area contributed by atoms with Gasteiger partial charge in [-0.3, -0.25) is 9.59 Å². The van der Waals surface area contributed by atoms with Gasteiger partial charge in [-0.2, -0.15) is 5.10 Å². The number of hydrogen-bond acceptors (Lipinski definition) is 8. The van der Waals surface area contributed by atoms with Crippen molar-refractivity contribution < 1.29 is 46.1 Å². The summed E-state index contributed by atoms with van der Waals surface area (Å²) in [5.41, 5.74) is -0.269. The molecule has 1 atom stereocenters. The number of nitrogens with zero attached hydrogens (tertiary/aromatic N) is 2. The molecule has 1 unspecified atom stereocenters. The maximum atomic E-state index is 14.6. The lowest BCUT2D eigenvalue weighted by Crippen LogP contribution is -2.35. The molecule has 0 spiro atoms. The topological polar surface area (TPSA) is 98.7 Å². The third-order valence-electron chi connectivity index (χ3n) is 6.16. The molecule has 0 aliphatic carbocycles. The van der Waals surface area contributed by atoms with Gasteiger partial charge in [0.1, 0.15) is 39.2 Å². The summed E-state index contributed by atoms with van der Waals surface area (Å²) in [6, 6.07) is 10.7. The number of halogens is 4. The van der Waals surface area contributed by atoms with Gasteiger partial charge < -0.3 is 24.3 Å². The molecule has 2 aliphatic rings. The van der Waals surface area contributed by atoms with Gasteiger partial charge in [-0.05, 0) is 30.3 Å². The van der Waals surface area contributed by atoms with Crippen molar-refractivity contribution in [2.24, 2.45) is 5.10 Å². The van der Waals surface area contributed by atoms with Gasteiger partial charge in [0.05, 0.1) is 26.9 Å². The van der Waals surface area contributed by atoms with Crippen molar-refractivity contribution >= 4 is 28.6 Å². The van der Waals surface area contributed by atoms with Gasteiger partial charge >= 0.3 is 0 Å². The van der Waals surface area contributed by atoms with E-state index in [9.17, 15) is 27.2 Å². The molecule has 1 N–H and O–H groups in total. The average molecular weight is 606 g/mol. The summed E-state index contributed by atoms with van der Waals surface area (Å²) in [6.07, 6.45) is -0.541. The van der Waals surface area contributed by atoms with Gasteiger partial charge in [0.2, 0.25) is 0 Å². The molecule has 2 aliphatic heterocycles. The Bertz CT molecular complexity index is 1490. The molecule has 0 bridgehead atoms. The molecule has 3 aromatic rings. The Hall–Kier alpha value is -4.14. The van der Waals surface area contributed by atoms with Gasteiger partial charge in [0.25, 0.3) is 11.8 Å². The molecule has 1 saturated heterocycles. The second-order valence-electron chi connectivity index (χ2n) is 8.92. The van der Waals surface area contributed by atoms with Gasteiger partial charge in [-0.15, -0.1) is 0 Å². The Morgan fingerprint density at radius 3 is 2.38 bits per heavy atom. The van der Waals surface area contributed by atoms with E-state index >= 15 is 0 Å². The van der Waals surface area contributed by atoms with Gasteiger partial charge in [-0.1, -0.05) is 23.9 Å². The minimum Gasteiger partial charge on any atom is -0.492 e. The standard InChI is InChI=1S/C28H23F4N3O6S/c1-38-25-18(3-2-4-21(25)41-14-22(36)33-13-23-39-9-10-40-23)28-35(27(37)24-19(31)11-17(30)12-20(24)32)34-26(42-28)15-5-7-16(29)8-6-15/h2-8,11-12,23,28H,9-10,13-14H2,1H3,(H,33,36). The summed E-state index contributed by atoms with van der Waals surface area (Å²) in [7, 11) is 1.34. The van der Waals surface area contributed by atoms with Crippen LogP contribution in [0.3, 0.4) is 0 Å². The molecule has 42 heavy (non-hydrogen) atoms. The molecule has 9 nitrogen and oxygen atoms in total. The number of carbonyl (C=O) groups is 2. The lowest BCUT2D eigenvalue weighted by Gasteiger charge is -2.24. The molecule has 0 radical (unpaired) electrons. The smallest absolute Gasteiger partial charge is 0.281 e. The zero-order valence-electron chi connectivity index (χ0n) is 21.9. The second-order valence-corrected chi connectivity index (χ2v) is 9.99. The third kappa shape index (κ3) is 6.35. The van der Waals surface area contributed by atoms with Crippen LogP contribution < -0.4 is 14.8 Å². The number of amides is 2. The first kappa shape index (κ1) is 29.4. The number of ether oxygens (including phenoxy) is 4. The highest BCUT2D eigenvalue weighted by atomic mass is 32.2. The van der Waals surface area contributed by atoms with E-state index in [4.69, 9.17) is 18.9 Å². The van der Waals surface area contributed by atoms with Crippen molar-refractivity contribution in [3.05, 3.63) is 94.6 Å². The zero-order chi connectivity index (χ0) is 29.8. The minimum absolute atomic E-state index is 0.124. The maximum Gasteiger partial charge on any atom is 0.281 e. The zero-order valence-corrected chi connectivity index (χ0v) is 22.8. The SMILES string of the molecule is COc1c(OCC(=O)NCC2OCCO2)cccc1C1SC(c2ccc(F)cc2)=NN1C(=O)c1c(F)cc(F)cc1F. The molecule has 3 aromatic carbocycles. The van der Waals surface area contributed by atoms with Gasteiger partial charge in [0, 0.05) is 23.3 Å². The Morgan fingerprint density at radius 1 is 1.02 bits per heavy atom. The molecule has 5 rings (SSSR count). The maximum absolute atomic E-state index is 14.6. The Kier molecular flexibility index (Phi) is 8.94. The molecule has 2 heterocycles. The van der Waals surface area contributed by atoms with Gasteiger partial charge in [0.15, 0.2) is 24.4 Å². The fraction of sp³-hybridized carbons (Fsp3) is 0.250. The number of methoxy groups -OCH3 is 1. The number of para-hydroxylation sites is 1. The summed E-state index contributed by atoms with van der Waals surface area (Å²) >= 11 is 1.02. The molecule has 14 heteroatoms. The van der Waals surface area contributed by atoms with E-state index in [1.807, 2.05) is 0 Å². The first-order valence-corrected chi connectivity index (χ1v) is 13.4. The van der Waals surface area contributed by atoms with Crippen LogP contribution >= 0.6 is 11.8 Å². The summed E-state index contributed by atoms with van der Waals surface area (Å²) in [5.74, 6) is -5.89. The highest BCUT2D eigenvalue weighted by Crippen LogP contribution is 2.47. The van der Waals surface area contributed by atoms with Crippen LogP contribution in [0, 0.1) is 23.3 Å². The van der Waals surface area contributed by atoms with Crippen molar-refractivity contribution in [1.29, 1.82) is 0 Å². The summed E-state index contributed by atoms with van der Waals surface area (Å²) < 4.78 is 78.2. The molecule has 2 amide bonds. The minimum atomic E-state index is -1.41. The quantitative estimate of drug-likeness (QED) is 0.362. The van der Waals surface area contributed by atoms with Crippen LogP contribution in [0.2, 0.25) is 0 Å². The number of hydrazone groups is 1. The lowest BCUT2D eigenvalue weighted by molar-refractivity contribution is -0.125. The normalized spacial score (nSPS) is 16.8. The van der Waals surface area contributed by atoms with Crippen LogP contribution in [-0.2, 0) is 14.3 Å². The molecular weight excluding hydrogens is 582 g/mol. The van der Waals surface area contributed by atoms with E-state index in [0.717, 1.165) is 16.8 Å². The summed E-state index contributed by atoms with van der Waals surface area (Å²) in [5, 5.41) is 6.95. The number of thioether (sulfide) groups is 1. The molecular formula is C28H23F4N3O6S. The molecule has 220 valence electrons. The Morgan fingerprint density at radius 2 is 1.71 bits per heavy atom. The fourth-order valence-electron chi connectivity index (χ4n) is 4.23. The van der Waals surface area contributed by atoms with Crippen molar-refractivity contribution in [3.8, 4) is 11.5 Å². The van der Waals surface area contributed by atoms with Crippen LogP contribution in [0.1, 0.15) is 26.9 Å². The molecule has 0 saturated carbocycles. The summed E-state index contributed by atoms with van der Waals surface area (Å²) in [6.45, 7) is 0.616. The van der Waals surface area contributed by atoms with Crippen molar-refractivity contribution in [1.82, 2.24) is 10.3 Å². The number of carbonyl (C=O) groups excluding carboxylic acids is 2. The fourth-order valence-corrected chi connectivity index (χ4v) is 5.41. The van der Waals surface area contributed by atoms with Crippen LogP contribution in [-0.4, -0.2) is 61.6 Å². The third-order valence-corrected chi connectivity index (χ3v) is 7.38. The Balaban J connectivity index is 1.44. The van der Waals surface area contributed by atoms with E-state index in [1.54, 1.807) is 12.1 Å². The highest BCUT2D eigenvalue weighted by Gasteiger charge is 2.39. The largest absolute Gasteiger partial charge is 0.492 e. The van der Waals surface area contributed by atoms with Crippen LogP contribution in [0.5, 0.6) is 11.5 Å². The van der Waals surface area contributed by atoms with Gasteiger partial charge in [-0.25, -0.2) is 22.6 Å². The second kappa shape index (κ2) is 12.8. The average Bonchev–Trinajstić information content (AvgIpc) is 3.65. The Labute approximate surface area is 241 Å². The molecule has 0 aromatic heterocycles. The van der Waals surface area contributed by atoms with E-state index in [0.29, 0.717) is 36.5 Å². The van der Waals surface area contributed by atoms with Crippen molar-refractivity contribution in [2.45, 2.75) is 11.7 Å². The number of benzene rings is 3. The number of nitrogens with one attached hydrogen (secondary N) is 1. The van der Waals surface area contributed by atoms with Crippen LogP contribution in [0.15, 0.2) is 59.7 Å². The number of rotatable bonds is 9. The van der Waals surface area contributed by atoms with Crippen molar-refractivity contribution in [3.63, 3.8) is 0 Å². The number of hydrogen-bond donors (Lipinski definition) is 1. The van der Waals surface area contributed by atoms with E-state index in [1.165, 1.54) is 37.4 Å².